The number of para-hydroxylation sites is 1. The van der Waals surface area contributed by atoms with Gasteiger partial charge in [0.1, 0.15) is 23.0 Å². The molecule has 2 aromatic rings. The SMILES string of the molecule is CCOc1ccc(NC(=O)c2ccccc2OCCOC)cc1S(=O)(=O)N1CCCC1. The van der Waals surface area contributed by atoms with Gasteiger partial charge in [0, 0.05) is 25.9 Å². The van der Waals surface area contributed by atoms with Gasteiger partial charge in [-0.15, -0.1) is 0 Å². The fourth-order valence-corrected chi connectivity index (χ4v) is 5.02. The maximum Gasteiger partial charge on any atom is 0.259 e. The highest BCUT2D eigenvalue weighted by Gasteiger charge is 2.30. The van der Waals surface area contributed by atoms with Gasteiger partial charge < -0.3 is 19.5 Å². The van der Waals surface area contributed by atoms with Crippen LogP contribution in [-0.4, -0.2) is 58.7 Å². The lowest BCUT2D eigenvalue weighted by Crippen LogP contribution is -2.28. The molecule has 1 fully saturated rings. The highest BCUT2D eigenvalue weighted by atomic mass is 32.2. The van der Waals surface area contributed by atoms with Crippen LogP contribution in [0, 0.1) is 0 Å². The Kier molecular flexibility index (Phi) is 7.89. The van der Waals surface area contributed by atoms with Crippen molar-refractivity contribution < 1.29 is 27.4 Å². The number of nitrogens with zero attached hydrogens (tertiary/aromatic N) is 1. The number of carbonyl (C=O) groups is 1. The average Bonchev–Trinajstić information content (AvgIpc) is 3.31. The lowest BCUT2D eigenvalue weighted by atomic mass is 10.2. The Labute approximate surface area is 183 Å². The molecule has 0 aromatic heterocycles. The van der Waals surface area contributed by atoms with E-state index in [1.165, 1.54) is 10.4 Å². The van der Waals surface area contributed by atoms with Crippen molar-refractivity contribution in [3.05, 3.63) is 48.0 Å². The van der Waals surface area contributed by atoms with E-state index < -0.39 is 15.9 Å². The monoisotopic (exact) mass is 448 g/mol. The molecule has 0 saturated carbocycles. The van der Waals surface area contributed by atoms with Crippen molar-refractivity contribution in [2.75, 3.05) is 45.3 Å². The first-order valence-electron chi connectivity index (χ1n) is 10.3. The van der Waals surface area contributed by atoms with Gasteiger partial charge in [-0.05, 0) is 50.1 Å². The Morgan fingerprint density at radius 2 is 1.77 bits per heavy atom. The average molecular weight is 449 g/mol. The summed E-state index contributed by atoms with van der Waals surface area (Å²) in [6, 6.07) is 11.5. The Morgan fingerprint density at radius 3 is 2.48 bits per heavy atom. The molecule has 2 aromatic carbocycles. The van der Waals surface area contributed by atoms with Crippen LogP contribution in [0.25, 0.3) is 0 Å². The maximum atomic E-state index is 13.1. The van der Waals surface area contributed by atoms with Gasteiger partial charge >= 0.3 is 0 Å². The van der Waals surface area contributed by atoms with Crippen LogP contribution in [0.2, 0.25) is 0 Å². The van der Waals surface area contributed by atoms with E-state index in [9.17, 15) is 13.2 Å². The number of hydrogen-bond acceptors (Lipinski definition) is 6. The Morgan fingerprint density at radius 1 is 1.03 bits per heavy atom. The molecule has 1 N–H and O–H groups in total. The highest BCUT2D eigenvalue weighted by molar-refractivity contribution is 7.89. The molecule has 0 bridgehead atoms. The van der Waals surface area contributed by atoms with E-state index in [0.717, 1.165) is 12.8 Å². The first-order chi connectivity index (χ1) is 15.0. The van der Waals surface area contributed by atoms with Crippen molar-refractivity contribution >= 4 is 21.6 Å². The van der Waals surface area contributed by atoms with Gasteiger partial charge in [-0.25, -0.2) is 8.42 Å². The van der Waals surface area contributed by atoms with Gasteiger partial charge in [0.15, 0.2) is 0 Å². The molecule has 3 rings (SSSR count). The van der Waals surface area contributed by atoms with Crippen molar-refractivity contribution in [2.45, 2.75) is 24.7 Å². The third kappa shape index (κ3) is 5.55. The van der Waals surface area contributed by atoms with Crippen LogP contribution >= 0.6 is 0 Å². The molecular weight excluding hydrogens is 420 g/mol. The van der Waals surface area contributed by atoms with E-state index >= 15 is 0 Å². The van der Waals surface area contributed by atoms with Crippen LogP contribution in [0.15, 0.2) is 47.4 Å². The number of ether oxygens (including phenoxy) is 3. The van der Waals surface area contributed by atoms with Crippen molar-refractivity contribution in [3.63, 3.8) is 0 Å². The summed E-state index contributed by atoms with van der Waals surface area (Å²) in [6.07, 6.45) is 1.67. The summed E-state index contributed by atoms with van der Waals surface area (Å²) in [4.78, 5) is 12.9. The number of hydrogen-bond donors (Lipinski definition) is 1. The van der Waals surface area contributed by atoms with Crippen LogP contribution in [0.4, 0.5) is 5.69 Å². The number of sulfonamides is 1. The molecule has 1 aliphatic rings. The number of benzene rings is 2. The minimum absolute atomic E-state index is 0.0543. The lowest BCUT2D eigenvalue weighted by Gasteiger charge is -2.19. The zero-order chi connectivity index (χ0) is 22.3. The molecule has 0 aliphatic carbocycles. The van der Waals surface area contributed by atoms with E-state index in [-0.39, 0.29) is 10.6 Å². The number of amides is 1. The largest absolute Gasteiger partial charge is 0.492 e. The van der Waals surface area contributed by atoms with Crippen LogP contribution in [0.3, 0.4) is 0 Å². The molecule has 0 atom stereocenters. The summed E-state index contributed by atoms with van der Waals surface area (Å²) in [5, 5.41) is 2.77. The third-order valence-corrected chi connectivity index (χ3v) is 6.78. The normalized spacial score (nSPS) is 14.4. The summed E-state index contributed by atoms with van der Waals surface area (Å²) in [5.74, 6) is 0.297. The highest BCUT2D eigenvalue weighted by Crippen LogP contribution is 2.32. The minimum atomic E-state index is -3.72. The summed E-state index contributed by atoms with van der Waals surface area (Å²) in [6.45, 7) is 3.80. The second-order valence-electron chi connectivity index (χ2n) is 7.00. The Bertz CT molecular complexity index is 1000. The molecule has 1 amide bonds. The molecule has 9 heteroatoms. The molecule has 1 heterocycles. The molecule has 0 radical (unpaired) electrons. The molecule has 0 spiro atoms. The number of methoxy groups -OCH3 is 1. The van der Waals surface area contributed by atoms with E-state index in [1.54, 1.807) is 50.4 Å². The van der Waals surface area contributed by atoms with Crippen LogP contribution in [0.1, 0.15) is 30.1 Å². The van der Waals surface area contributed by atoms with Gasteiger partial charge in [-0.3, -0.25) is 4.79 Å². The van der Waals surface area contributed by atoms with Gasteiger partial charge in [0.05, 0.1) is 18.8 Å². The van der Waals surface area contributed by atoms with Crippen molar-refractivity contribution in [1.82, 2.24) is 4.31 Å². The summed E-state index contributed by atoms with van der Waals surface area (Å²) in [7, 11) is -2.15. The Balaban J connectivity index is 1.86. The summed E-state index contributed by atoms with van der Waals surface area (Å²) >= 11 is 0. The van der Waals surface area contributed by atoms with Crippen molar-refractivity contribution in [1.29, 1.82) is 0 Å². The molecule has 1 saturated heterocycles. The number of rotatable bonds is 10. The first-order valence-corrected chi connectivity index (χ1v) is 11.7. The predicted molar refractivity (Wildman–Crippen MR) is 117 cm³/mol. The summed E-state index contributed by atoms with van der Waals surface area (Å²) in [5.41, 5.74) is 0.703. The quantitative estimate of drug-likeness (QED) is 0.561. The van der Waals surface area contributed by atoms with Crippen LogP contribution in [0.5, 0.6) is 11.5 Å². The number of nitrogens with one attached hydrogen (secondary N) is 1. The lowest BCUT2D eigenvalue weighted by molar-refractivity contribution is 0.101. The van der Waals surface area contributed by atoms with Gasteiger partial charge in [-0.2, -0.15) is 4.31 Å². The fourth-order valence-electron chi connectivity index (χ4n) is 3.34. The van der Waals surface area contributed by atoms with Crippen LogP contribution < -0.4 is 14.8 Å². The van der Waals surface area contributed by atoms with E-state index in [4.69, 9.17) is 14.2 Å². The van der Waals surface area contributed by atoms with Gasteiger partial charge in [-0.1, -0.05) is 12.1 Å². The zero-order valence-electron chi connectivity index (χ0n) is 17.8. The number of carbonyl (C=O) groups excluding carboxylic acids is 1. The second-order valence-corrected chi connectivity index (χ2v) is 8.90. The van der Waals surface area contributed by atoms with Gasteiger partial charge in [0.25, 0.3) is 5.91 Å². The molecule has 168 valence electrons. The predicted octanol–water partition coefficient (Wildman–Crippen LogP) is 3.15. The van der Waals surface area contributed by atoms with E-state index in [1.807, 2.05) is 0 Å². The molecule has 31 heavy (non-hydrogen) atoms. The second kappa shape index (κ2) is 10.6. The van der Waals surface area contributed by atoms with Crippen molar-refractivity contribution in [3.8, 4) is 11.5 Å². The topological polar surface area (TPSA) is 94.2 Å². The third-order valence-electron chi connectivity index (χ3n) is 4.86. The molecule has 1 aliphatic heterocycles. The number of anilines is 1. The molecular formula is C22H28N2O6S. The van der Waals surface area contributed by atoms with Gasteiger partial charge in [0.2, 0.25) is 10.0 Å². The summed E-state index contributed by atoms with van der Waals surface area (Å²) < 4.78 is 43.9. The van der Waals surface area contributed by atoms with Crippen molar-refractivity contribution in [2.24, 2.45) is 0 Å². The molecule has 8 nitrogen and oxygen atoms in total. The van der Waals surface area contributed by atoms with E-state index in [2.05, 4.69) is 5.32 Å². The maximum absolute atomic E-state index is 13.1. The standard InChI is InChI=1S/C22H28N2O6S/c1-3-29-20-11-10-17(16-21(20)31(26,27)24-12-6-7-13-24)23-22(25)18-8-4-5-9-19(18)30-15-14-28-2/h4-5,8-11,16H,3,6-7,12-15H2,1-2H3,(H,23,25). The minimum Gasteiger partial charge on any atom is -0.492 e. The zero-order valence-corrected chi connectivity index (χ0v) is 18.6. The van der Waals surface area contributed by atoms with Crippen LogP contribution in [-0.2, 0) is 14.8 Å². The van der Waals surface area contributed by atoms with E-state index in [0.29, 0.717) is 49.9 Å². The first kappa shape index (κ1) is 23.1. The fraction of sp³-hybridized carbons (Fsp3) is 0.409. The molecule has 0 unspecified atom stereocenters. The Hall–Kier alpha value is -2.62. The smallest absolute Gasteiger partial charge is 0.259 e.